The molecule has 1 fully saturated rings. The molecule has 1 aromatic carbocycles. The maximum atomic E-state index is 5.53. The molecule has 1 aliphatic rings. The largest absolute Gasteiger partial charge is 0.496 e. The molecule has 3 rings (SSSR count). The molecule has 7 heteroatoms. The summed E-state index contributed by atoms with van der Waals surface area (Å²) in [5.74, 6) is 1.69. The Morgan fingerprint density at radius 1 is 1.21 bits per heavy atom. The summed E-state index contributed by atoms with van der Waals surface area (Å²) in [4.78, 5) is 8.63. The van der Waals surface area contributed by atoms with Crippen LogP contribution in [0.4, 0.5) is 0 Å². The number of benzene rings is 1. The average Bonchev–Trinajstić information content (AvgIpc) is 3.27. The molecule has 152 valence electrons. The van der Waals surface area contributed by atoms with Crippen molar-refractivity contribution in [3.05, 3.63) is 52.2 Å². The summed E-state index contributed by atoms with van der Waals surface area (Å²) in [6.45, 7) is 7.78. The number of hydrogen-bond acceptors (Lipinski definition) is 5. The number of nitrogens with one attached hydrogen (secondary N) is 2. The van der Waals surface area contributed by atoms with Crippen molar-refractivity contribution in [2.24, 2.45) is 4.99 Å². The number of methoxy groups -OCH3 is 1. The van der Waals surface area contributed by atoms with Gasteiger partial charge in [-0.2, -0.15) is 0 Å². The Bertz CT molecular complexity index is 730. The molecule has 0 aliphatic carbocycles. The molecule has 1 unspecified atom stereocenters. The van der Waals surface area contributed by atoms with E-state index in [2.05, 4.69) is 40.0 Å². The Kier molecular flexibility index (Phi) is 8.14. The summed E-state index contributed by atoms with van der Waals surface area (Å²) in [5.41, 5.74) is 1.07. The van der Waals surface area contributed by atoms with Crippen molar-refractivity contribution in [3.63, 3.8) is 0 Å². The predicted molar refractivity (Wildman–Crippen MR) is 115 cm³/mol. The molecule has 2 N–H and O–H groups in total. The highest BCUT2D eigenvalue weighted by molar-refractivity contribution is 7.10. The molecule has 2 aromatic rings. The van der Waals surface area contributed by atoms with Crippen LogP contribution in [0.1, 0.15) is 23.4 Å². The monoisotopic (exact) mass is 402 g/mol. The van der Waals surface area contributed by atoms with E-state index in [1.165, 1.54) is 4.88 Å². The Hall–Kier alpha value is -2.09. The first-order chi connectivity index (χ1) is 13.8. The summed E-state index contributed by atoms with van der Waals surface area (Å²) in [6, 6.07) is 12.7. The van der Waals surface area contributed by atoms with E-state index in [1.54, 1.807) is 18.4 Å². The number of morpholine rings is 1. The van der Waals surface area contributed by atoms with Gasteiger partial charge in [0.15, 0.2) is 5.96 Å². The molecule has 1 saturated heterocycles. The molecule has 0 saturated carbocycles. The Balaban J connectivity index is 1.67. The first-order valence-corrected chi connectivity index (χ1v) is 10.7. The lowest BCUT2D eigenvalue weighted by atomic mass is 10.2. The van der Waals surface area contributed by atoms with Crippen LogP contribution >= 0.6 is 11.3 Å². The number of ether oxygens (including phenoxy) is 2. The van der Waals surface area contributed by atoms with Crippen LogP contribution in [-0.2, 0) is 11.3 Å². The van der Waals surface area contributed by atoms with Crippen LogP contribution in [-0.4, -0.2) is 57.4 Å². The minimum atomic E-state index is 0.319. The number of rotatable bonds is 8. The van der Waals surface area contributed by atoms with Crippen LogP contribution in [0.2, 0.25) is 0 Å². The number of guanidine groups is 1. The van der Waals surface area contributed by atoms with E-state index in [9.17, 15) is 0 Å². The molecule has 0 bridgehead atoms. The van der Waals surface area contributed by atoms with Crippen LogP contribution in [0, 0.1) is 0 Å². The topological polar surface area (TPSA) is 58.1 Å². The lowest BCUT2D eigenvalue weighted by molar-refractivity contribution is 0.0177. The summed E-state index contributed by atoms with van der Waals surface area (Å²) < 4.78 is 11.0. The lowest BCUT2D eigenvalue weighted by Gasteiger charge is -2.34. The molecule has 1 aliphatic heterocycles. The fraction of sp³-hybridized carbons (Fsp3) is 0.476. The fourth-order valence-corrected chi connectivity index (χ4v) is 4.17. The van der Waals surface area contributed by atoms with E-state index in [0.717, 1.165) is 56.7 Å². The average molecular weight is 403 g/mol. The zero-order valence-corrected chi connectivity index (χ0v) is 17.5. The number of thiophene rings is 1. The SMILES string of the molecule is CCNC(=NCc1ccccc1OC)NCC(c1cccs1)N1CCOCC1. The van der Waals surface area contributed by atoms with Crippen molar-refractivity contribution < 1.29 is 9.47 Å². The first kappa shape index (κ1) is 20.6. The van der Waals surface area contributed by atoms with Crippen molar-refractivity contribution >= 4 is 17.3 Å². The van der Waals surface area contributed by atoms with Crippen LogP contribution in [0.5, 0.6) is 5.75 Å². The van der Waals surface area contributed by atoms with Gasteiger partial charge in [0.2, 0.25) is 0 Å². The maximum Gasteiger partial charge on any atom is 0.191 e. The van der Waals surface area contributed by atoms with Gasteiger partial charge in [0, 0.05) is 36.6 Å². The van der Waals surface area contributed by atoms with E-state index in [1.807, 2.05) is 24.3 Å². The van der Waals surface area contributed by atoms with E-state index in [0.29, 0.717) is 12.6 Å². The van der Waals surface area contributed by atoms with Crippen molar-refractivity contribution in [2.75, 3.05) is 46.5 Å². The van der Waals surface area contributed by atoms with E-state index in [-0.39, 0.29) is 0 Å². The van der Waals surface area contributed by atoms with Crippen LogP contribution in [0.3, 0.4) is 0 Å². The normalized spacial score (nSPS) is 16.6. The van der Waals surface area contributed by atoms with Gasteiger partial charge in [-0.15, -0.1) is 11.3 Å². The van der Waals surface area contributed by atoms with Gasteiger partial charge in [-0.05, 0) is 24.4 Å². The van der Waals surface area contributed by atoms with Gasteiger partial charge in [0.05, 0.1) is 32.9 Å². The molecule has 0 spiro atoms. The predicted octanol–water partition coefficient (Wildman–Crippen LogP) is 2.89. The summed E-state index contributed by atoms with van der Waals surface area (Å²) in [5, 5.41) is 9.03. The van der Waals surface area contributed by atoms with Crippen molar-refractivity contribution in [2.45, 2.75) is 19.5 Å². The number of para-hydroxylation sites is 1. The minimum Gasteiger partial charge on any atom is -0.496 e. The zero-order valence-electron chi connectivity index (χ0n) is 16.7. The summed E-state index contributed by atoms with van der Waals surface area (Å²) in [7, 11) is 1.69. The van der Waals surface area contributed by atoms with E-state index >= 15 is 0 Å². The maximum absolute atomic E-state index is 5.53. The van der Waals surface area contributed by atoms with Gasteiger partial charge in [-0.25, -0.2) is 4.99 Å². The Morgan fingerprint density at radius 2 is 2.04 bits per heavy atom. The van der Waals surface area contributed by atoms with Gasteiger partial charge in [-0.3, -0.25) is 4.90 Å². The smallest absolute Gasteiger partial charge is 0.191 e. The molecule has 28 heavy (non-hydrogen) atoms. The summed E-state index contributed by atoms with van der Waals surface area (Å²) >= 11 is 1.81. The quantitative estimate of drug-likeness (QED) is 0.525. The highest BCUT2D eigenvalue weighted by Crippen LogP contribution is 2.25. The Labute approximate surface area is 171 Å². The van der Waals surface area contributed by atoms with Crippen molar-refractivity contribution in [3.8, 4) is 5.75 Å². The molecule has 0 amide bonds. The van der Waals surface area contributed by atoms with Gasteiger partial charge >= 0.3 is 0 Å². The third-order valence-electron chi connectivity index (χ3n) is 4.77. The highest BCUT2D eigenvalue weighted by Gasteiger charge is 2.23. The molecule has 0 radical (unpaired) electrons. The number of hydrogen-bond donors (Lipinski definition) is 2. The zero-order chi connectivity index (χ0) is 19.6. The van der Waals surface area contributed by atoms with Gasteiger partial charge in [0.25, 0.3) is 0 Å². The third-order valence-corrected chi connectivity index (χ3v) is 5.74. The van der Waals surface area contributed by atoms with Crippen LogP contribution in [0.15, 0.2) is 46.8 Å². The van der Waals surface area contributed by atoms with Crippen molar-refractivity contribution in [1.29, 1.82) is 0 Å². The standard InChI is InChI=1S/C21H30N4O2S/c1-3-22-21(23-15-17-7-4-5-8-19(17)26-2)24-16-18(20-9-6-14-28-20)25-10-12-27-13-11-25/h4-9,14,18H,3,10-13,15-16H2,1-2H3,(H2,22,23,24). The minimum absolute atomic E-state index is 0.319. The second kappa shape index (κ2) is 11.0. The number of aliphatic imine (C=N–C) groups is 1. The molecule has 6 nitrogen and oxygen atoms in total. The van der Waals surface area contributed by atoms with E-state index in [4.69, 9.17) is 14.5 Å². The van der Waals surface area contributed by atoms with Gasteiger partial charge in [-0.1, -0.05) is 24.3 Å². The van der Waals surface area contributed by atoms with Gasteiger partial charge in [0.1, 0.15) is 5.75 Å². The highest BCUT2D eigenvalue weighted by atomic mass is 32.1. The second-order valence-electron chi connectivity index (χ2n) is 6.57. The third kappa shape index (κ3) is 5.70. The fourth-order valence-electron chi connectivity index (χ4n) is 3.31. The first-order valence-electron chi connectivity index (χ1n) is 9.81. The molecular weight excluding hydrogens is 372 g/mol. The molecule has 2 heterocycles. The van der Waals surface area contributed by atoms with Crippen LogP contribution < -0.4 is 15.4 Å². The summed E-state index contributed by atoms with van der Waals surface area (Å²) in [6.07, 6.45) is 0. The molecular formula is C21H30N4O2S. The van der Waals surface area contributed by atoms with Crippen LogP contribution in [0.25, 0.3) is 0 Å². The van der Waals surface area contributed by atoms with Gasteiger partial charge < -0.3 is 20.1 Å². The number of nitrogens with zero attached hydrogens (tertiary/aromatic N) is 2. The lowest BCUT2D eigenvalue weighted by Crippen LogP contribution is -2.46. The second-order valence-corrected chi connectivity index (χ2v) is 7.55. The van der Waals surface area contributed by atoms with E-state index < -0.39 is 0 Å². The Morgan fingerprint density at radius 3 is 2.75 bits per heavy atom. The molecule has 1 atom stereocenters. The van der Waals surface area contributed by atoms with Crippen molar-refractivity contribution in [1.82, 2.24) is 15.5 Å². The molecule has 1 aromatic heterocycles.